The average molecular weight is 263 g/mol. The van der Waals surface area contributed by atoms with Crippen LogP contribution in [0.25, 0.3) is 11.1 Å². The zero-order valence-corrected chi connectivity index (χ0v) is 10.6. The van der Waals surface area contributed by atoms with Gasteiger partial charge in [0.05, 0.1) is 6.61 Å². The molecule has 3 rings (SSSR count). The molecule has 2 aromatic carbocycles. The van der Waals surface area contributed by atoms with E-state index in [0.717, 1.165) is 33.6 Å². The maximum absolute atomic E-state index is 9.56. The molecule has 0 bridgehead atoms. The van der Waals surface area contributed by atoms with Crippen molar-refractivity contribution in [3.8, 4) is 11.1 Å². The maximum Gasteiger partial charge on any atom is 0.0540 e. The minimum absolute atomic E-state index is 0. The molecule has 4 heteroatoms. The highest BCUT2D eigenvalue weighted by Crippen LogP contribution is 2.45. The van der Waals surface area contributed by atoms with Crippen molar-refractivity contribution < 1.29 is 5.11 Å². The lowest BCUT2D eigenvalue weighted by atomic mass is 9.97. The number of aliphatic hydroxyl groups excluding tert-OH is 1. The fraction of sp³-hybridized carbons (Fsp3) is 0.143. The van der Waals surface area contributed by atoms with Gasteiger partial charge in [0.15, 0.2) is 0 Å². The predicted octanol–water partition coefficient (Wildman–Crippen LogP) is 2.38. The van der Waals surface area contributed by atoms with Crippen LogP contribution in [-0.4, -0.2) is 11.7 Å². The number of aliphatic hydroxyl groups is 1. The standard InChI is InChI=1S/C14H14N2O.ClH/c15-8-1-3-10-11-4-2-9(16)6-13(11)14(7-17)12(10)5-8;/h1-6,14,17H,7,15-16H2;1H. The Labute approximate surface area is 112 Å². The highest BCUT2D eigenvalue weighted by molar-refractivity contribution is 5.85. The van der Waals surface area contributed by atoms with Crippen molar-refractivity contribution in [1.29, 1.82) is 0 Å². The van der Waals surface area contributed by atoms with Gasteiger partial charge >= 0.3 is 0 Å². The number of rotatable bonds is 1. The molecule has 0 aliphatic heterocycles. The Balaban J connectivity index is 0.00000120. The lowest BCUT2D eigenvalue weighted by molar-refractivity contribution is 0.282. The van der Waals surface area contributed by atoms with Gasteiger partial charge in [-0.25, -0.2) is 0 Å². The van der Waals surface area contributed by atoms with Crippen molar-refractivity contribution in [2.75, 3.05) is 18.1 Å². The van der Waals surface area contributed by atoms with Crippen LogP contribution in [0.2, 0.25) is 0 Å². The average Bonchev–Trinajstić information content (AvgIpc) is 2.60. The van der Waals surface area contributed by atoms with Crippen LogP contribution in [0.5, 0.6) is 0 Å². The van der Waals surface area contributed by atoms with Gasteiger partial charge in [-0.3, -0.25) is 0 Å². The number of nitrogen functional groups attached to an aromatic ring is 2. The van der Waals surface area contributed by atoms with Gasteiger partial charge in [0.1, 0.15) is 0 Å². The van der Waals surface area contributed by atoms with Crippen LogP contribution in [0.1, 0.15) is 17.0 Å². The topological polar surface area (TPSA) is 72.3 Å². The van der Waals surface area contributed by atoms with Crippen molar-refractivity contribution in [3.63, 3.8) is 0 Å². The van der Waals surface area contributed by atoms with Crippen molar-refractivity contribution in [2.24, 2.45) is 0 Å². The fourth-order valence-corrected chi connectivity index (χ4v) is 2.59. The van der Waals surface area contributed by atoms with Crippen molar-refractivity contribution >= 4 is 23.8 Å². The lowest BCUT2D eigenvalue weighted by Gasteiger charge is -2.10. The van der Waals surface area contributed by atoms with E-state index in [4.69, 9.17) is 11.5 Å². The molecule has 94 valence electrons. The van der Waals surface area contributed by atoms with E-state index in [1.165, 1.54) is 0 Å². The van der Waals surface area contributed by atoms with Crippen LogP contribution in [0.15, 0.2) is 36.4 Å². The number of fused-ring (bicyclic) bond motifs is 3. The van der Waals surface area contributed by atoms with E-state index in [1.807, 2.05) is 36.4 Å². The van der Waals surface area contributed by atoms with Gasteiger partial charge in [0, 0.05) is 17.3 Å². The van der Waals surface area contributed by atoms with E-state index in [0.29, 0.717) is 0 Å². The number of hydrogen-bond donors (Lipinski definition) is 3. The molecule has 18 heavy (non-hydrogen) atoms. The van der Waals surface area contributed by atoms with Crippen molar-refractivity contribution in [2.45, 2.75) is 5.92 Å². The molecule has 0 atom stereocenters. The van der Waals surface area contributed by atoms with Crippen LogP contribution in [0, 0.1) is 0 Å². The van der Waals surface area contributed by atoms with Gasteiger partial charge < -0.3 is 16.6 Å². The Hall–Kier alpha value is -1.71. The predicted molar refractivity (Wildman–Crippen MR) is 76.9 cm³/mol. The summed E-state index contributed by atoms with van der Waals surface area (Å²) in [4.78, 5) is 0. The minimum atomic E-state index is -0.00741. The number of nitrogens with two attached hydrogens (primary N) is 2. The van der Waals surface area contributed by atoms with Crippen LogP contribution < -0.4 is 11.5 Å². The zero-order chi connectivity index (χ0) is 12.0. The molecule has 1 aliphatic rings. The van der Waals surface area contributed by atoms with E-state index < -0.39 is 0 Å². The highest BCUT2D eigenvalue weighted by Gasteiger charge is 2.28. The summed E-state index contributed by atoms with van der Waals surface area (Å²) in [6.07, 6.45) is 0. The Morgan fingerprint density at radius 1 is 0.889 bits per heavy atom. The van der Waals surface area contributed by atoms with E-state index in [-0.39, 0.29) is 24.9 Å². The van der Waals surface area contributed by atoms with Crippen molar-refractivity contribution in [1.82, 2.24) is 0 Å². The third-order valence-electron chi connectivity index (χ3n) is 3.37. The molecule has 5 N–H and O–H groups in total. The quantitative estimate of drug-likeness (QED) is 0.691. The normalized spacial score (nSPS) is 12.7. The molecular weight excluding hydrogens is 248 g/mol. The van der Waals surface area contributed by atoms with Crippen LogP contribution >= 0.6 is 12.4 Å². The van der Waals surface area contributed by atoms with E-state index >= 15 is 0 Å². The third kappa shape index (κ3) is 1.72. The molecule has 0 saturated carbocycles. The molecule has 0 saturated heterocycles. The number of benzene rings is 2. The van der Waals surface area contributed by atoms with Crippen LogP contribution in [0.3, 0.4) is 0 Å². The van der Waals surface area contributed by atoms with Gasteiger partial charge in [-0.15, -0.1) is 12.4 Å². The molecular formula is C14H15ClN2O. The molecule has 3 nitrogen and oxygen atoms in total. The monoisotopic (exact) mass is 262 g/mol. The summed E-state index contributed by atoms with van der Waals surface area (Å²) >= 11 is 0. The first-order chi connectivity index (χ1) is 8.20. The molecule has 0 fully saturated rings. The van der Waals surface area contributed by atoms with E-state index in [9.17, 15) is 5.11 Å². The summed E-state index contributed by atoms with van der Waals surface area (Å²) in [5.41, 5.74) is 17.5. The second-order valence-electron chi connectivity index (χ2n) is 4.43. The molecule has 0 unspecified atom stereocenters. The zero-order valence-electron chi connectivity index (χ0n) is 9.76. The molecule has 0 heterocycles. The Morgan fingerprint density at radius 2 is 1.33 bits per heavy atom. The summed E-state index contributed by atoms with van der Waals surface area (Å²) in [6, 6.07) is 11.7. The largest absolute Gasteiger partial charge is 0.399 e. The molecule has 0 radical (unpaired) electrons. The third-order valence-corrected chi connectivity index (χ3v) is 3.37. The van der Waals surface area contributed by atoms with Gasteiger partial charge in [-0.05, 0) is 46.5 Å². The first-order valence-corrected chi connectivity index (χ1v) is 5.61. The van der Waals surface area contributed by atoms with Crippen molar-refractivity contribution in [3.05, 3.63) is 47.5 Å². The van der Waals surface area contributed by atoms with E-state index in [1.54, 1.807) is 0 Å². The SMILES string of the molecule is Cl.Nc1ccc2c(c1)C(CO)c1cc(N)ccc1-2. The second kappa shape index (κ2) is 4.52. The van der Waals surface area contributed by atoms with Gasteiger partial charge in [0.2, 0.25) is 0 Å². The Kier molecular flexibility index (Phi) is 3.20. The summed E-state index contributed by atoms with van der Waals surface area (Å²) in [7, 11) is 0. The summed E-state index contributed by atoms with van der Waals surface area (Å²) < 4.78 is 0. The van der Waals surface area contributed by atoms with Gasteiger partial charge in [-0.1, -0.05) is 12.1 Å². The molecule has 2 aromatic rings. The maximum atomic E-state index is 9.56. The highest BCUT2D eigenvalue weighted by atomic mass is 35.5. The smallest absolute Gasteiger partial charge is 0.0540 e. The molecule has 0 spiro atoms. The molecule has 1 aliphatic carbocycles. The number of anilines is 2. The molecule has 0 aromatic heterocycles. The first-order valence-electron chi connectivity index (χ1n) is 5.61. The number of hydrogen-bond acceptors (Lipinski definition) is 3. The summed E-state index contributed by atoms with van der Waals surface area (Å²) in [6.45, 7) is 0.0763. The molecule has 0 amide bonds. The van der Waals surface area contributed by atoms with Gasteiger partial charge in [-0.2, -0.15) is 0 Å². The first kappa shape index (κ1) is 12.7. The lowest BCUT2D eigenvalue weighted by Crippen LogP contribution is -2.03. The van der Waals surface area contributed by atoms with Crippen LogP contribution in [-0.2, 0) is 0 Å². The second-order valence-corrected chi connectivity index (χ2v) is 4.43. The Morgan fingerprint density at radius 3 is 1.72 bits per heavy atom. The van der Waals surface area contributed by atoms with Gasteiger partial charge in [0.25, 0.3) is 0 Å². The Bertz CT molecular complexity index is 547. The number of halogens is 1. The summed E-state index contributed by atoms with van der Waals surface area (Å²) in [5, 5.41) is 9.56. The van der Waals surface area contributed by atoms with E-state index in [2.05, 4.69) is 0 Å². The fourth-order valence-electron chi connectivity index (χ4n) is 2.59. The summed E-state index contributed by atoms with van der Waals surface area (Å²) in [5.74, 6) is -0.00741. The minimum Gasteiger partial charge on any atom is -0.399 e. The van der Waals surface area contributed by atoms with Crippen LogP contribution in [0.4, 0.5) is 11.4 Å².